The highest BCUT2D eigenvalue weighted by Crippen LogP contribution is 2.36. The molecule has 2 aromatic rings. The second-order valence-electron chi connectivity index (χ2n) is 10.4. The maximum absolute atomic E-state index is 13.3. The highest BCUT2D eigenvalue weighted by molar-refractivity contribution is 7.89. The second-order valence-corrected chi connectivity index (χ2v) is 12.3. The predicted octanol–water partition coefficient (Wildman–Crippen LogP) is 3.20. The predicted molar refractivity (Wildman–Crippen MR) is 142 cm³/mol. The second kappa shape index (κ2) is 10.9. The number of carbonyl (C=O) groups is 2. The van der Waals surface area contributed by atoms with Crippen LogP contribution in [-0.2, 0) is 25.8 Å². The van der Waals surface area contributed by atoms with Gasteiger partial charge < -0.3 is 14.5 Å². The van der Waals surface area contributed by atoms with Gasteiger partial charge in [-0.15, -0.1) is 0 Å². The van der Waals surface area contributed by atoms with Crippen molar-refractivity contribution in [2.45, 2.75) is 30.8 Å². The van der Waals surface area contributed by atoms with Gasteiger partial charge in [0.25, 0.3) is 5.91 Å². The molecular formula is C27H31F3N4O5S. The van der Waals surface area contributed by atoms with Crippen LogP contribution in [0.1, 0.15) is 25.3 Å². The number of sulfonamides is 1. The molecule has 0 unspecified atom stereocenters. The van der Waals surface area contributed by atoms with Crippen molar-refractivity contribution in [1.29, 1.82) is 0 Å². The molecule has 3 aliphatic rings. The molecule has 0 aromatic heterocycles. The van der Waals surface area contributed by atoms with Crippen molar-refractivity contribution < 1.29 is 35.9 Å². The van der Waals surface area contributed by atoms with Crippen molar-refractivity contribution >= 4 is 33.2 Å². The van der Waals surface area contributed by atoms with Gasteiger partial charge in [0.1, 0.15) is 12.3 Å². The molecule has 2 amide bonds. The molecule has 0 atom stereocenters. The van der Waals surface area contributed by atoms with Crippen molar-refractivity contribution in [3.05, 3.63) is 48.0 Å². The fraction of sp³-hybridized carbons (Fsp3) is 0.481. The Morgan fingerprint density at radius 1 is 1.00 bits per heavy atom. The molecule has 3 heterocycles. The number of piperidine rings is 1. The number of anilines is 2. The summed E-state index contributed by atoms with van der Waals surface area (Å²) in [7, 11) is -3.79. The van der Waals surface area contributed by atoms with Gasteiger partial charge in [-0.05, 0) is 55.2 Å². The summed E-state index contributed by atoms with van der Waals surface area (Å²) >= 11 is 0. The molecule has 0 saturated carbocycles. The zero-order valence-corrected chi connectivity index (χ0v) is 22.9. The Kier molecular flexibility index (Phi) is 7.71. The smallest absolute Gasteiger partial charge is 0.416 e. The van der Waals surface area contributed by atoms with E-state index in [-0.39, 0.29) is 42.7 Å². The minimum atomic E-state index is -4.44. The molecule has 0 radical (unpaired) electrons. The normalized spacial score (nSPS) is 19.4. The molecule has 216 valence electrons. The first kappa shape index (κ1) is 28.2. The molecule has 2 fully saturated rings. The highest BCUT2D eigenvalue weighted by Gasteiger charge is 2.34. The van der Waals surface area contributed by atoms with Crippen LogP contribution in [0.3, 0.4) is 0 Å². The Morgan fingerprint density at radius 2 is 1.70 bits per heavy atom. The van der Waals surface area contributed by atoms with E-state index >= 15 is 0 Å². The minimum Gasteiger partial charge on any atom is -0.482 e. The topological polar surface area (TPSA) is 90.5 Å². The summed E-state index contributed by atoms with van der Waals surface area (Å²) in [5.41, 5.74) is -0.0843. The van der Waals surface area contributed by atoms with E-state index in [1.807, 2.05) is 0 Å². The highest BCUT2D eigenvalue weighted by atomic mass is 32.2. The Labute approximate surface area is 231 Å². The van der Waals surface area contributed by atoms with E-state index in [0.29, 0.717) is 43.5 Å². The summed E-state index contributed by atoms with van der Waals surface area (Å²) in [5.74, 6) is -0.0459. The van der Waals surface area contributed by atoms with Gasteiger partial charge in [0.15, 0.2) is 6.61 Å². The van der Waals surface area contributed by atoms with E-state index in [4.69, 9.17) is 4.74 Å². The quantitative estimate of drug-likeness (QED) is 0.540. The molecule has 2 saturated heterocycles. The molecule has 3 aliphatic heterocycles. The van der Waals surface area contributed by atoms with E-state index in [1.165, 1.54) is 33.5 Å². The zero-order chi connectivity index (χ0) is 28.7. The zero-order valence-electron chi connectivity index (χ0n) is 22.1. The Balaban J connectivity index is 1.28. The van der Waals surface area contributed by atoms with Gasteiger partial charge in [0.2, 0.25) is 15.9 Å². The summed E-state index contributed by atoms with van der Waals surface area (Å²) in [5, 5.41) is 0. The number of hydrogen-bond donors (Lipinski definition) is 0. The lowest BCUT2D eigenvalue weighted by atomic mass is 10.0. The number of nitrogens with zero attached hydrogens (tertiary/aromatic N) is 4. The number of carbonyl (C=O) groups excluding carboxylic acids is 2. The lowest BCUT2D eigenvalue weighted by Gasteiger charge is -2.38. The van der Waals surface area contributed by atoms with Crippen LogP contribution in [0.5, 0.6) is 5.75 Å². The van der Waals surface area contributed by atoms with Gasteiger partial charge in [-0.1, -0.05) is 13.0 Å². The number of halogens is 3. The molecule has 0 bridgehead atoms. The average molecular weight is 581 g/mol. The third-order valence-electron chi connectivity index (χ3n) is 7.72. The van der Waals surface area contributed by atoms with E-state index < -0.39 is 27.7 Å². The van der Waals surface area contributed by atoms with Gasteiger partial charge >= 0.3 is 6.18 Å². The van der Waals surface area contributed by atoms with E-state index in [1.54, 1.807) is 15.9 Å². The lowest BCUT2D eigenvalue weighted by molar-refractivity contribution is -0.137. The molecule has 0 N–H and O–H groups in total. The van der Waals surface area contributed by atoms with Crippen LogP contribution in [0.4, 0.5) is 24.5 Å². The van der Waals surface area contributed by atoms with Gasteiger partial charge in [-0.2, -0.15) is 17.5 Å². The number of rotatable bonds is 5. The van der Waals surface area contributed by atoms with E-state index in [9.17, 15) is 31.2 Å². The number of amides is 2. The van der Waals surface area contributed by atoms with Crippen molar-refractivity contribution in [3.8, 4) is 5.75 Å². The van der Waals surface area contributed by atoms with E-state index in [0.717, 1.165) is 25.0 Å². The van der Waals surface area contributed by atoms with Crippen molar-refractivity contribution in [1.82, 2.24) is 9.21 Å². The summed E-state index contributed by atoms with van der Waals surface area (Å²) < 4.78 is 72.9. The van der Waals surface area contributed by atoms with Crippen LogP contribution in [0.25, 0.3) is 0 Å². The maximum atomic E-state index is 13.3. The van der Waals surface area contributed by atoms with Gasteiger partial charge in [-0.25, -0.2) is 8.42 Å². The monoisotopic (exact) mass is 580 g/mol. The summed E-state index contributed by atoms with van der Waals surface area (Å²) in [4.78, 5) is 30.6. The fourth-order valence-corrected chi connectivity index (χ4v) is 6.71. The van der Waals surface area contributed by atoms with Gasteiger partial charge in [0.05, 0.1) is 16.1 Å². The van der Waals surface area contributed by atoms with Gasteiger partial charge in [0, 0.05) is 45.0 Å². The molecule has 9 nitrogen and oxygen atoms in total. The molecule has 0 spiro atoms. The number of fused-ring (bicyclic) bond motifs is 1. The molecule has 40 heavy (non-hydrogen) atoms. The minimum absolute atomic E-state index is 0.0336. The molecular weight excluding hydrogens is 549 g/mol. The Morgan fingerprint density at radius 3 is 2.38 bits per heavy atom. The molecule has 13 heteroatoms. The average Bonchev–Trinajstić information content (AvgIpc) is 2.94. The first-order valence-corrected chi connectivity index (χ1v) is 14.6. The van der Waals surface area contributed by atoms with Crippen LogP contribution in [-0.4, -0.2) is 81.9 Å². The summed E-state index contributed by atoms with van der Waals surface area (Å²) in [6.45, 7) is 3.55. The van der Waals surface area contributed by atoms with Crippen molar-refractivity contribution in [3.63, 3.8) is 0 Å². The third kappa shape index (κ3) is 5.75. The number of piperazine rings is 1. The summed E-state index contributed by atoms with van der Waals surface area (Å²) in [6, 6.07) is 9.42. The first-order valence-electron chi connectivity index (χ1n) is 13.2. The number of ether oxygens (including phenoxy) is 1. The molecule has 5 rings (SSSR count). The van der Waals surface area contributed by atoms with Crippen LogP contribution in [0, 0.1) is 5.92 Å². The Hall–Kier alpha value is -3.32. The van der Waals surface area contributed by atoms with Crippen LogP contribution >= 0.6 is 0 Å². The number of benzene rings is 2. The molecule has 0 aliphatic carbocycles. The van der Waals surface area contributed by atoms with Gasteiger partial charge in [-0.3, -0.25) is 14.5 Å². The van der Waals surface area contributed by atoms with E-state index in [2.05, 4.69) is 6.92 Å². The number of hydrogen-bond acceptors (Lipinski definition) is 6. The van der Waals surface area contributed by atoms with Crippen molar-refractivity contribution in [2.75, 3.05) is 62.2 Å². The largest absolute Gasteiger partial charge is 0.482 e. The van der Waals surface area contributed by atoms with Crippen LogP contribution < -0.4 is 14.5 Å². The Bertz CT molecular complexity index is 1380. The third-order valence-corrected chi connectivity index (χ3v) is 9.61. The lowest BCUT2D eigenvalue weighted by Crippen LogP contribution is -2.53. The SMILES string of the molecule is CC1CCN(S(=O)(=O)c2ccc3c(c2)N(CC(=O)N2CCN(c4cccc(C(F)(F)F)c4)CC2)C(=O)CO3)CC1. The first-order chi connectivity index (χ1) is 18.9. The van der Waals surface area contributed by atoms with Crippen molar-refractivity contribution in [2.24, 2.45) is 5.92 Å². The fourth-order valence-electron chi connectivity index (χ4n) is 5.22. The maximum Gasteiger partial charge on any atom is 0.416 e. The standard InChI is InChI=1S/C27H31F3N4O5S/c1-19-7-9-33(10-8-19)40(37,38)22-5-6-24-23(16-22)34(26(36)18-39-24)17-25(35)32-13-11-31(12-14-32)21-4-2-3-20(15-21)27(28,29)30/h2-6,15-16,19H,7-14,17-18H2,1H3. The van der Waals surface area contributed by atoms with Crippen LogP contribution in [0.15, 0.2) is 47.4 Å². The molecule has 2 aromatic carbocycles. The summed E-state index contributed by atoms with van der Waals surface area (Å²) in [6.07, 6.45) is -2.90. The van der Waals surface area contributed by atoms with Crippen LogP contribution in [0.2, 0.25) is 0 Å². The number of alkyl halides is 3.